The number of hydrogen-bond acceptors (Lipinski definition) is 2. The Bertz CT molecular complexity index is 116. The van der Waals surface area contributed by atoms with Crippen molar-refractivity contribution in [3.63, 3.8) is 0 Å². The van der Waals surface area contributed by atoms with Crippen LogP contribution in [0.25, 0.3) is 0 Å². The molecule has 0 N–H and O–H groups in total. The van der Waals surface area contributed by atoms with E-state index in [1.165, 1.54) is 0 Å². The third-order valence-corrected chi connectivity index (χ3v) is 1.77. The van der Waals surface area contributed by atoms with Crippen LogP contribution in [0.15, 0.2) is 0 Å². The highest BCUT2D eigenvalue weighted by atomic mass is 16.5. The van der Waals surface area contributed by atoms with Gasteiger partial charge in [0.05, 0.1) is 0 Å². The Balaban J connectivity index is 2.07. The van der Waals surface area contributed by atoms with Crippen LogP contribution >= 0.6 is 0 Å². The average Bonchev–Trinajstić information content (AvgIpc) is 2.70. The third-order valence-electron chi connectivity index (χ3n) is 1.77. The fourth-order valence-electron chi connectivity index (χ4n) is 0.801. The molecule has 1 fully saturated rings. The quantitative estimate of drug-likeness (QED) is 0.541. The average molecular weight is 141 g/mol. The number of carbonyl (C=O) groups excluding carboxylic acids is 1. The second-order valence-corrected chi connectivity index (χ2v) is 2.80. The molecule has 1 rings (SSSR count). The lowest BCUT2D eigenvalue weighted by Crippen LogP contribution is -2.15. The summed E-state index contributed by atoms with van der Waals surface area (Å²) in [5, 5.41) is 0. The number of rotatable bonds is 5. The van der Waals surface area contributed by atoms with Crippen molar-refractivity contribution in [3.05, 3.63) is 0 Å². The zero-order valence-corrected chi connectivity index (χ0v) is 6.35. The Morgan fingerprint density at radius 3 is 2.70 bits per heavy atom. The SMILES string of the molecule is CCCCOC1([C]=O)CC1. The lowest BCUT2D eigenvalue weighted by atomic mass is 10.3. The highest BCUT2D eigenvalue weighted by Crippen LogP contribution is 2.37. The minimum absolute atomic E-state index is 0.463. The van der Waals surface area contributed by atoms with E-state index in [0.717, 1.165) is 25.7 Å². The standard InChI is InChI=1S/C8H13O2/c1-2-3-6-10-8(7-9)4-5-8/h2-6H2,1H3. The molecule has 0 aliphatic heterocycles. The molecular formula is C8H13O2. The van der Waals surface area contributed by atoms with Crippen LogP contribution in [0.3, 0.4) is 0 Å². The van der Waals surface area contributed by atoms with Crippen LogP contribution in [0.1, 0.15) is 32.6 Å². The summed E-state index contributed by atoms with van der Waals surface area (Å²) in [6.45, 7) is 2.82. The molecule has 10 heavy (non-hydrogen) atoms. The van der Waals surface area contributed by atoms with Gasteiger partial charge in [0.1, 0.15) is 5.60 Å². The van der Waals surface area contributed by atoms with Crippen LogP contribution in [-0.2, 0) is 9.53 Å². The monoisotopic (exact) mass is 141 g/mol. The Hall–Kier alpha value is -0.370. The van der Waals surface area contributed by atoms with Gasteiger partial charge in [-0.15, -0.1) is 0 Å². The van der Waals surface area contributed by atoms with Crippen LogP contribution in [-0.4, -0.2) is 18.5 Å². The van der Waals surface area contributed by atoms with Gasteiger partial charge in [-0.1, -0.05) is 13.3 Å². The van der Waals surface area contributed by atoms with Gasteiger partial charge >= 0.3 is 0 Å². The van der Waals surface area contributed by atoms with Crippen molar-refractivity contribution in [2.75, 3.05) is 6.61 Å². The maximum Gasteiger partial charge on any atom is 0.233 e. The molecule has 1 aliphatic carbocycles. The molecule has 57 valence electrons. The smallest absolute Gasteiger partial charge is 0.233 e. The summed E-state index contributed by atoms with van der Waals surface area (Å²) >= 11 is 0. The molecule has 0 bridgehead atoms. The Morgan fingerprint density at radius 1 is 1.60 bits per heavy atom. The van der Waals surface area contributed by atoms with Gasteiger partial charge in [-0.05, 0) is 19.3 Å². The van der Waals surface area contributed by atoms with Gasteiger partial charge in [0.15, 0.2) is 0 Å². The Kier molecular flexibility index (Phi) is 2.44. The van der Waals surface area contributed by atoms with E-state index >= 15 is 0 Å². The van der Waals surface area contributed by atoms with E-state index in [9.17, 15) is 4.79 Å². The first-order chi connectivity index (χ1) is 4.83. The summed E-state index contributed by atoms with van der Waals surface area (Å²) in [5.74, 6) is 0. The Morgan fingerprint density at radius 2 is 2.30 bits per heavy atom. The molecular weight excluding hydrogens is 128 g/mol. The van der Waals surface area contributed by atoms with Crippen LogP contribution in [0, 0.1) is 0 Å². The van der Waals surface area contributed by atoms with Gasteiger partial charge in [0.2, 0.25) is 6.29 Å². The first-order valence-corrected chi connectivity index (χ1v) is 3.86. The topological polar surface area (TPSA) is 26.3 Å². The molecule has 0 aromatic heterocycles. The molecule has 1 aliphatic rings. The molecule has 2 heteroatoms. The molecule has 0 amide bonds. The predicted molar refractivity (Wildman–Crippen MR) is 38.5 cm³/mol. The highest BCUT2D eigenvalue weighted by Gasteiger charge is 2.44. The van der Waals surface area contributed by atoms with Crippen LogP contribution < -0.4 is 0 Å². The van der Waals surface area contributed by atoms with Gasteiger partial charge in [-0.25, -0.2) is 0 Å². The van der Waals surface area contributed by atoms with Crippen molar-refractivity contribution < 1.29 is 9.53 Å². The van der Waals surface area contributed by atoms with Gasteiger partial charge in [-0.3, -0.25) is 4.79 Å². The summed E-state index contributed by atoms with van der Waals surface area (Å²) in [7, 11) is 0. The summed E-state index contributed by atoms with van der Waals surface area (Å²) in [5.41, 5.74) is -0.463. The first kappa shape index (κ1) is 7.73. The van der Waals surface area contributed by atoms with E-state index < -0.39 is 5.60 Å². The van der Waals surface area contributed by atoms with Crippen molar-refractivity contribution >= 4 is 6.29 Å². The molecule has 2 nitrogen and oxygen atoms in total. The zero-order valence-electron chi connectivity index (χ0n) is 6.35. The van der Waals surface area contributed by atoms with Gasteiger partial charge in [0, 0.05) is 6.61 Å². The van der Waals surface area contributed by atoms with Crippen LogP contribution in [0.4, 0.5) is 0 Å². The highest BCUT2D eigenvalue weighted by molar-refractivity contribution is 5.67. The van der Waals surface area contributed by atoms with E-state index in [1.54, 1.807) is 0 Å². The lowest BCUT2D eigenvalue weighted by Gasteiger charge is -2.06. The number of unbranched alkanes of at least 4 members (excludes halogenated alkanes) is 1. The van der Waals surface area contributed by atoms with E-state index in [-0.39, 0.29) is 0 Å². The zero-order chi connectivity index (χ0) is 7.45. The van der Waals surface area contributed by atoms with Crippen LogP contribution in [0.2, 0.25) is 0 Å². The Labute approximate surface area is 61.6 Å². The largest absolute Gasteiger partial charge is 0.367 e. The minimum atomic E-state index is -0.463. The van der Waals surface area contributed by atoms with Gasteiger partial charge in [-0.2, -0.15) is 0 Å². The van der Waals surface area contributed by atoms with E-state index in [4.69, 9.17) is 4.74 Å². The maximum atomic E-state index is 10.2. The van der Waals surface area contributed by atoms with Crippen molar-refractivity contribution in [2.24, 2.45) is 0 Å². The summed E-state index contributed by atoms with van der Waals surface area (Å²) in [4.78, 5) is 10.2. The second kappa shape index (κ2) is 3.15. The van der Waals surface area contributed by atoms with Crippen LogP contribution in [0.5, 0.6) is 0 Å². The molecule has 0 aromatic rings. The van der Waals surface area contributed by atoms with Crippen molar-refractivity contribution in [1.29, 1.82) is 0 Å². The maximum absolute atomic E-state index is 10.2. The molecule has 0 spiro atoms. The molecule has 1 saturated carbocycles. The summed E-state index contributed by atoms with van der Waals surface area (Å²) in [6, 6.07) is 0. The predicted octanol–water partition coefficient (Wildman–Crippen LogP) is 1.45. The molecule has 0 saturated heterocycles. The van der Waals surface area contributed by atoms with Gasteiger partial charge in [0.25, 0.3) is 0 Å². The molecule has 1 radical (unpaired) electrons. The number of ether oxygens (including phenoxy) is 1. The summed E-state index contributed by atoms with van der Waals surface area (Å²) in [6.07, 6.45) is 5.85. The molecule has 0 heterocycles. The first-order valence-electron chi connectivity index (χ1n) is 3.86. The second-order valence-electron chi connectivity index (χ2n) is 2.80. The minimum Gasteiger partial charge on any atom is -0.367 e. The molecule has 0 atom stereocenters. The number of hydrogen-bond donors (Lipinski definition) is 0. The van der Waals surface area contributed by atoms with E-state index in [1.807, 2.05) is 6.29 Å². The third kappa shape index (κ3) is 1.81. The molecule has 0 unspecified atom stereocenters. The van der Waals surface area contributed by atoms with Crippen molar-refractivity contribution in [2.45, 2.75) is 38.2 Å². The fourth-order valence-corrected chi connectivity index (χ4v) is 0.801. The fraction of sp³-hybridized carbons (Fsp3) is 0.875. The molecule has 0 aromatic carbocycles. The van der Waals surface area contributed by atoms with E-state index in [0.29, 0.717) is 6.61 Å². The normalized spacial score (nSPS) is 20.5. The van der Waals surface area contributed by atoms with Crippen molar-refractivity contribution in [1.82, 2.24) is 0 Å². The lowest BCUT2D eigenvalue weighted by molar-refractivity contribution is 0.0761. The van der Waals surface area contributed by atoms with Crippen molar-refractivity contribution in [3.8, 4) is 0 Å². The van der Waals surface area contributed by atoms with E-state index in [2.05, 4.69) is 6.92 Å². The summed E-state index contributed by atoms with van der Waals surface area (Å²) < 4.78 is 5.31. The van der Waals surface area contributed by atoms with Gasteiger partial charge < -0.3 is 4.74 Å².